The molecule has 2 aromatic rings. The first-order chi connectivity index (χ1) is 11.6. The first-order valence-corrected chi connectivity index (χ1v) is 7.85. The van der Waals surface area contributed by atoms with Gasteiger partial charge in [0, 0.05) is 5.69 Å². The summed E-state index contributed by atoms with van der Waals surface area (Å²) in [7, 11) is 0. The number of carbonyl (C=O) groups excluding carboxylic acids is 2. The largest absolute Gasteiger partial charge is 0.493 e. The standard InChI is InChI=1S/C19H21NO4/c1-3-23-19(22)15-7-9-16(10-8-15)20-18(21)11-12-24-17-6-4-5-14(2)13-17/h4-10,13H,3,11-12H2,1-2H3,(H,20,21). The molecule has 2 rings (SSSR count). The Morgan fingerprint density at radius 3 is 2.50 bits per heavy atom. The van der Waals surface area contributed by atoms with Crippen LogP contribution in [0.2, 0.25) is 0 Å². The Kier molecular flexibility index (Phi) is 6.37. The number of esters is 1. The van der Waals surface area contributed by atoms with Crippen molar-refractivity contribution in [3.8, 4) is 5.75 Å². The van der Waals surface area contributed by atoms with Crippen LogP contribution in [0.5, 0.6) is 5.75 Å². The van der Waals surface area contributed by atoms with Crippen molar-refractivity contribution in [2.75, 3.05) is 18.5 Å². The van der Waals surface area contributed by atoms with Gasteiger partial charge in [-0.2, -0.15) is 0 Å². The van der Waals surface area contributed by atoms with Crippen LogP contribution >= 0.6 is 0 Å². The van der Waals surface area contributed by atoms with Crippen molar-refractivity contribution < 1.29 is 19.1 Å². The van der Waals surface area contributed by atoms with Crippen LogP contribution in [0.3, 0.4) is 0 Å². The van der Waals surface area contributed by atoms with Crippen molar-refractivity contribution in [2.45, 2.75) is 20.3 Å². The molecule has 0 saturated carbocycles. The van der Waals surface area contributed by atoms with Gasteiger partial charge in [0.05, 0.1) is 25.2 Å². The molecular weight excluding hydrogens is 306 g/mol. The van der Waals surface area contributed by atoms with Crippen LogP contribution < -0.4 is 10.1 Å². The second kappa shape index (κ2) is 8.72. The van der Waals surface area contributed by atoms with Crippen molar-refractivity contribution in [1.82, 2.24) is 0 Å². The average molecular weight is 327 g/mol. The van der Waals surface area contributed by atoms with E-state index in [9.17, 15) is 9.59 Å². The minimum atomic E-state index is -0.373. The number of hydrogen-bond donors (Lipinski definition) is 1. The number of amides is 1. The minimum absolute atomic E-state index is 0.147. The minimum Gasteiger partial charge on any atom is -0.493 e. The lowest BCUT2D eigenvalue weighted by Crippen LogP contribution is -2.15. The molecule has 0 fully saturated rings. The fraction of sp³-hybridized carbons (Fsp3) is 0.263. The zero-order chi connectivity index (χ0) is 17.4. The highest BCUT2D eigenvalue weighted by Crippen LogP contribution is 2.13. The second-order valence-electron chi connectivity index (χ2n) is 5.26. The molecule has 0 aliphatic heterocycles. The predicted molar refractivity (Wildman–Crippen MR) is 92.3 cm³/mol. The molecule has 0 atom stereocenters. The summed E-state index contributed by atoms with van der Waals surface area (Å²) in [5.41, 5.74) is 2.19. The van der Waals surface area contributed by atoms with Gasteiger partial charge < -0.3 is 14.8 Å². The lowest BCUT2D eigenvalue weighted by Gasteiger charge is -2.08. The fourth-order valence-electron chi connectivity index (χ4n) is 2.09. The van der Waals surface area contributed by atoms with Crippen molar-refractivity contribution in [1.29, 1.82) is 0 Å². The molecule has 0 aromatic heterocycles. The molecular formula is C19H21NO4. The maximum atomic E-state index is 11.9. The summed E-state index contributed by atoms with van der Waals surface area (Å²) in [5, 5.41) is 2.77. The summed E-state index contributed by atoms with van der Waals surface area (Å²) < 4.78 is 10.5. The molecule has 0 radical (unpaired) electrons. The quantitative estimate of drug-likeness (QED) is 0.790. The lowest BCUT2D eigenvalue weighted by molar-refractivity contribution is -0.116. The second-order valence-corrected chi connectivity index (χ2v) is 5.26. The first-order valence-electron chi connectivity index (χ1n) is 7.85. The van der Waals surface area contributed by atoms with Gasteiger partial charge >= 0.3 is 5.97 Å². The zero-order valence-electron chi connectivity index (χ0n) is 13.9. The number of nitrogens with one attached hydrogen (secondary N) is 1. The molecule has 0 saturated heterocycles. The number of ether oxygens (including phenoxy) is 2. The molecule has 24 heavy (non-hydrogen) atoms. The monoisotopic (exact) mass is 327 g/mol. The predicted octanol–water partition coefficient (Wildman–Crippen LogP) is 3.58. The Morgan fingerprint density at radius 2 is 1.83 bits per heavy atom. The van der Waals surface area contributed by atoms with Crippen molar-refractivity contribution in [2.24, 2.45) is 0 Å². The van der Waals surface area contributed by atoms with Gasteiger partial charge in [-0.1, -0.05) is 12.1 Å². The number of hydrogen-bond acceptors (Lipinski definition) is 4. The maximum absolute atomic E-state index is 11.9. The van der Waals surface area contributed by atoms with E-state index in [0.717, 1.165) is 11.3 Å². The molecule has 0 unspecified atom stereocenters. The third-order valence-corrected chi connectivity index (χ3v) is 3.27. The Hall–Kier alpha value is -2.82. The maximum Gasteiger partial charge on any atom is 0.338 e. The van der Waals surface area contributed by atoms with Crippen molar-refractivity contribution >= 4 is 17.6 Å². The van der Waals surface area contributed by atoms with Crippen LogP contribution in [-0.2, 0) is 9.53 Å². The number of anilines is 1. The van der Waals surface area contributed by atoms with Gasteiger partial charge in [-0.05, 0) is 55.8 Å². The molecule has 1 N–H and O–H groups in total. The summed E-state index contributed by atoms with van der Waals surface area (Å²) >= 11 is 0. The fourth-order valence-corrected chi connectivity index (χ4v) is 2.09. The average Bonchev–Trinajstić information content (AvgIpc) is 2.56. The van der Waals surface area contributed by atoms with Crippen molar-refractivity contribution in [3.63, 3.8) is 0 Å². The molecule has 5 nitrogen and oxygen atoms in total. The van der Waals surface area contributed by atoms with Gasteiger partial charge in [-0.15, -0.1) is 0 Å². The molecule has 126 valence electrons. The Labute approximate surface area is 141 Å². The normalized spacial score (nSPS) is 10.1. The lowest BCUT2D eigenvalue weighted by atomic mass is 10.2. The van der Waals surface area contributed by atoms with E-state index in [1.807, 2.05) is 31.2 Å². The van der Waals surface area contributed by atoms with Crippen LogP contribution in [0.1, 0.15) is 29.3 Å². The van der Waals surface area contributed by atoms with Crippen LogP contribution in [0, 0.1) is 6.92 Å². The molecule has 0 aliphatic rings. The SMILES string of the molecule is CCOC(=O)c1ccc(NC(=O)CCOc2cccc(C)c2)cc1. The molecule has 0 aliphatic carbocycles. The van der Waals surface area contributed by atoms with E-state index in [4.69, 9.17) is 9.47 Å². The smallest absolute Gasteiger partial charge is 0.338 e. The number of benzene rings is 2. The Morgan fingerprint density at radius 1 is 1.08 bits per heavy atom. The summed E-state index contributed by atoms with van der Waals surface area (Å²) in [6, 6.07) is 14.3. The van der Waals surface area contributed by atoms with E-state index in [2.05, 4.69) is 5.32 Å². The van der Waals surface area contributed by atoms with Gasteiger partial charge in [0.1, 0.15) is 5.75 Å². The highest BCUT2D eigenvalue weighted by molar-refractivity contribution is 5.93. The van der Waals surface area contributed by atoms with Crippen molar-refractivity contribution in [3.05, 3.63) is 59.7 Å². The molecule has 2 aromatic carbocycles. The number of rotatable bonds is 7. The molecule has 5 heteroatoms. The van der Waals surface area contributed by atoms with Gasteiger partial charge in [0.15, 0.2) is 0 Å². The summed E-state index contributed by atoms with van der Waals surface area (Å²) in [5.74, 6) is 0.232. The van der Waals surface area contributed by atoms with E-state index in [1.165, 1.54) is 0 Å². The summed E-state index contributed by atoms with van der Waals surface area (Å²) in [6.45, 7) is 4.37. The topological polar surface area (TPSA) is 64.6 Å². The summed E-state index contributed by atoms with van der Waals surface area (Å²) in [6.07, 6.45) is 0.244. The van der Waals surface area contributed by atoms with E-state index >= 15 is 0 Å². The third kappa shape index (κ3) is 5.43. The van der Waals surface area contributed by atoms with E-state index < -0.39 is 0 Å². The summed E-state index contributed by atoms with van der Waals surface area (Å²) in [4.78, 5) is 23.5. The van der Waals surface area contributed by atoms with E-state index in [0.29, 0.717) is 24.5 Å². The molecule has 1 amide bonds. The zero-order valence-corrected chi connectivity index (χ0v) is 13.9. The van der Waals surface area contributed by atoms with Crippen LogP contribution in [0.15, 0.2) is 48.5 Å². The van der Waals surface area contributed by atoms with E-state index in [1.54, 1.807) is 31.2 Å². The molecule has 0 heterocycles. The molecule has 0 spiro atoms. The first kappa shape index (κ1) is 17.5. The third-order valence-electron chi connectivity index (χ3n) is 3.27. The highest BCUT2D eigenvalue weighted by Gasteiger charge is 2.07. The van der Waals surface area contributed by atoms with Gasteiger partial charge in [-0.25, -0.2) is 4.79 Å². The van der Waals surface area contributed by atoms with Crippen LogP contribution in [-0.4, -0.2) is 25.1 Å². The van der Waals surface area contributed by atoms with E-state index in [-0.39, 0.29) is 18.3 Å². The number of aryl methyl sites for hydroxylation is 1. The highest BCUT2D eigenvalue weighted by atomic mass is 16.5. The van der Waals surface area contributed by atoms with Crippen LogP contribution in [0.25, 0.3) is 0 Å². The van der Waals surface area contributed by atoms with Gasteiger partial charge in [-0.3, -0.25) is 4.79 Å². The van der Waals surface area contributed by atoms with Crippen LogP contribution in [0.4, 0.5) is 5.69 Å². The Bertz CT molecular complexity index is 695. The van der Waals surface area contributed by atoms with Gasteiger partial charge in [0.2, 0.25) is 5.91 Å². The molecule has 0 bridgehead atoms. The van der Waals surface area contributed by atoms with Gasteiger partial charge in [0.25, 0.3) is 0 Å². The Balaban J connectivity index is 1.78. The number of carbonyl (C=O) groups is 2.